The van der Waals surface area contributed by atoms with E-state index < -0.39 is 12.8 Å². The molecule has 0 aromatic rings. The topological polar surface area (TPSA) is 24.5 Å². The molecule has 1 atom stereocenters. The molecule has 0 radical (unpaired) electrons. The Kier molecular flexibility index (Phi) is 6.08. The van der Waals surface area contributed by atoms with Crippen molar-refractivity contribution in [1.29, 1.82) is 0 Å². The van der Waals surface area contributed by atoms with Crippen molar-refractivity contribution in [1.82, 2.24) is 10.2 Å². The van der Waals surface area contributed by atoms with Crippen LogP contribution >= 0.6 is 0 Å². The van der Waals surface area contributed by atoms with Crippen LogP contribution in [0, 0.1) is 0 Å². The lowest BCUT2D eigenvalue weighted by Crippen LogP contribution is -2.47. The van der Waals surface area contributed by atoms with Crippen LogP contribution in [0.25, 0.3) is 0 Å². The van der Waals surface area contributed by atoms with Gasteiger partial charge in [0.15, 0.2) is 0 Å². The predicted octanol–water partition coefficient (Wildman–Crippen LogP) is 2.42. The first kappa shape index (κ1) is 16.7. The molecule has 3 nitrogen and oxygen atoms in total. The molecule has 6 heteroatoms. The summed E-state index contributed by atoms with van der Waals surface area (Å²) < 4.78 is 40.4. The summed E-state index contributed by atoms with van der Waals surface area (Å²) in [6.07, 6.45) is -2.52. The highest BCUT2D eigenvalue weighted by Crippen LogP contribution is 2.17. The number of ether oxygens (including phenoxy) is 1. The van der Waals surface area contributed by atoms with Crippen LogP contribution in [0.2, 0.25) is 0 Å². The Bertz CT molecular complexity index is 269. The van der Waals surface area contributed by atoms with E-state index in [1.165, 1.54) is 0 Å². The molecule has 1 aliphatic rings. The third-order valence-electron chi connectivity index (χ3n) is 3.39. The number of nitrogens with zero attached hydrogens (tertiary/aromatic N) is 1. The Balaban J connectivity index is 2.26. The summed E-state index contributed by atoms with van der Waals surface area (Å²) in [4.78, 5) is 2.33. The summed E-state index contributed by atoms with van der Waals surface area (Å²) in [6.45, 7) is 8.16. The highest BCUT2D eigenvalue weighted by atomic mass is 19.4. The number of rotatable bonds is 5. The largest absolute Gasteiger partial charge is 0.411 e. The van der Waals surface area contributed by atoms with E-state index in [9.17, 15) is 13.2 Å². The molecule has 0 bridgehead atoms. The van der Waals surface area contributed by atoms with Crippen molar-refractivity contribution in [2.24, 2.45) is 0 Å². The van der Waals surface area contributed by atoms with E-state index in [0.29, 0.717) is 12.5 Å². The molecule has 1 heterocycles. The van der Waals surface area contributed by atoms with E-state index in [-0.39, 0.29) is 12.1 Å². The highest BCUT2D eigenvalue weighted by Gasteiger charge is 2.28. The lowest BCUT2D eigenvalue weighted by atomic mass is 10.1. The fraction of sp³-hybridized carbons (Fsp3) is 1.00. The van der Waals surface area contributed by atoms with Gasteiger partial charge in [-0.2, -0.15) is 13.2 Å². The lowest BCUT2D eigenvalue weighted by Gasteiger charge is -2.32. The van der Waals surface area contributed by atoms with Gasteiger partial charge in [-0.3, -0.25) is 4.90 Å². The summed E-state index contributed by atoms with van der Waals surface area (Å²) in [5, 5.41) is 3.48. The molecule has 0 aromatic carbocycles. The third kappa shape index (κ3) is 7.13. The van der Waals surface area contributed by atoms with Crippen LogP contribution in [0.5, 0.6) is 0 Å². The average Bonchev–Trinajstić information content (AvgIpc) is 2.36. The minimum Gasteiger partial charge on any atom is -0.372 e. The molecule has 0 aromatic heterocycles. The maximum atomic E-state index is 11.9. The second-order valence-corrected chi connectivity index (χ2v) is 5.94. The Hall–Kier alpha value is -0.330. The summed E-state index contributed by atoms with van der Waals surface area (Å²) >= 11 is 0. The first-order valence-electron chi connectivity index (χ1n) is 6.83. The quantitative estimate of drug-likeness (QED) is 0.784. The smallest absolute Gasteiger partial charge is 0.372 e. The fourth-order valence-corrected chi connectivity index (χ4v) is 2.38. The minimum atomic E-state index is -4.22. The van der Waals surface area contributed by atoms with Crippen molar-refractivity contribution in [3.63, 3.8) is 0 Å². The van der Waals surface area contributed by atoms with Gasteiger partial charge < -0.3 is 10.1 Å². The van der Waals surface area contributed by atoms with E-state index in [1.807, 2.05) is 0 Å². The molecule has 114 valence electrons. The van der Waals surface area contributed by atoms with Crippen molar-refractivity contribution in [2.75, 3.05) is 32.8 Å². The Morgan fingerprint density at radius 1 is 1.37 bits per heavy atom. The van der Waals surface area contributed by atoms with Crippen molar-refractivity contribution < 1.29 is 17.9 Å². The second-order valence-electron chi connectivity index (χ2n) is 5.94. The minimum absolute atomic E-state index is 0.0532. The number of nitrogens with one attached hydrogen (secondary N) is 1. The van der Waals surface area contributed by atoms with E-state index in [1.54, 1.807) is 0 Å². The number of halogens is 3. The summed E-state index contributed by atoms with van der Waals surface area (Å²) in [6, 6.07) is 0.455. The zero-order chi connectivity index (χ0) is 14.5. The molecule has 0 spiro atoms. The van der Waals surface area contributed by atoms with Crippen molar-refractivity contribution in [3.05, 3.63) is 0 Å². The van der Waals surface area contributed by atoms with Gasteiger partial charge in [0.1, 0.15) is 6.61 Å². The molecule has 1 aliphatic heterocycles. The van der Waals surface area contributed by atoms with Crippen LogP contribution in [0.1, 0.15) is 33.6 Å². The van der Waals surface area contributed by atoms with Gasteiger partial charge in [0, 0.05) is 31.3 Å². The molecule has 0 amide bonds. The van der Waals surface area contributed by atoms with E-state index >= 15 is 0 Å². The van der Waals surface area contributed by atoms with E-state index in [2.05, 4.69) is 35.7 Å². The molecule has 0 saturated carbocycles. The zero-order valence-corrected chi connectivity index (χ0v) is 12.0. The van der Waals surface area contributed by atoms with Crippen LogP contribution < -0.4 is 5.32 Å². The number of alkyl halides is 3. The number of hydrogen-bond acceptors (Lipinski definition) is 3. The maximum absolute atomic E-state index is 11.9. The maximum Gasteiger partial charge on any atom is 0.411 e. The van der Waals surface area contributed by atoms with Crippen LogP contribution in [-0.2, 0) is 4.74 Å². The van der Waals surface area contributed by atoms with Crippen LogP contribution in [-0.4, -0.2) is 55.5 Å². The molecular formula is C13H25F3N2O. The van der Waals surface area contributed by atoms with E-state index in [0.717, 1.165) is 26.1 Å². The molecule has 0 aliphatic carbocycles. The summed E-state index contributed by atoms with van der Waals surface area (Å²) in [7, 11) is 0. The summed E-state index contributed by atoms with van der Waals surface area (Å²) in [5.74, 6) is 0. The standard InChI is InChI=1S/C13H25F3N2O/c1-11-5-6-17-12(2,3)9-18(11)7-4-8-19-10-13(14,15)16/h11,17H,4-10H2,1-3H3. The monoisotopic (exact) mass is 282 g/mol. The van der Waals surface area contributed by atoms with Gasteiger partial charge >= 0.3 is 6.18 Å². The molecule has 1 N–H and O–H groups in total. The van der Waals surface area contributed by atoms with Gasteiger partial charge in [-0.05, 0) is 40.2 Å². The van der Waals surface area contributed by atoms with Gasteiger partial charge in [0.2, 0.25) is 0 Å². The zero-order valence-electron chi connectivity index (χ0n) is 12.0. The van der Waals surface area contributed by atoms with Crippen molar-refractivity contribution in [2.45, 2.75) is 51.4 Å². The van der Waals surface area contributed by atoms with Crippen LogP contribution in [0.3, 0.4) is 0 Å². The van der Waals surface area contributed by atoms with Crippen LogP contribution in [0.15, 0.2) is 0 Å². The normalized spacial score (nSPS) is 25.3. The molecular weight excluding hydrogens is 257 g/mol. The van der Waals surface area contributed by atoms with Crippen molar-refractivity contribution in [3.8, 4) is 0 Å². The van der Waals surface area contributed by atoms with Crippen LogP contribution in [0.4, 0.5) is 13.2 Å². The van der Waals surface area contributed by atoms with Crippen molar-refractivity contribution >= 4 is 0 Å². The third-order valence-corrected chi connectivity index (χ3v) is 3.39. The lowest BCUT2D eigenvalue weighted by molar-refractivity contribution is -0.174. The number of hydrogen-bond donors (Lipinski definition) is 1. The first-order chi connectivity index (χ1) is 8.70. The van der Waals surface area contributed by atoms with Gasteiger partial charge in [0.25, 0.3) is 0 Å². The fourth-order valence-electron chi connectivity index (χ4n) is 2.38. The highest BCUT2D eigenvalue weighted by molar-refractivity contribution is 4.87. The molecule has 1 saturated heterocycles. The van der Waals surface area contributed by atoms with Gasteiger partial charge in [0.05, 0.1) is 0 Å². The average molecular weight is 282 g/mol. The van der Waals surface area contributed by atoms with Gasteiger partial charge in [-0.15, -0.1) is 0 Å². The van der Waals surface area contributed by atoms with Gasteiger partial charge in [-0.25, -0.2) is 0 Å². The Morgan fingerprint density at radius 2 is 2.05 bits per heavy atom. The molecule has 1 rings (SSSR count). The first-order valence-corrected chi connectivity index (χ1v) is 6.83. The summed E-state index contributed by atoms with van der Waals surface area (Å²) in [5.41, 5.74) is 0.0532. The Labute approximate surface area is 113 Å². The van der Waals surface area contributed by atoms with E-state index in [4.69, 9.17) is 0 Å². The molecule has 1 unspecified atom stereocenters. The Morgan fingerprint density at radius 3 is 2.68 bits per heavy atom. The SMILES string of the molecule is CC1CCNC(C)(C)CN1CCCOCC(F)(F)F. The predicted molar refractivity (Wildman–Crippen MR) is 69.2 cm³/mol. The molecule has 1 fully saturated rings. The second kappa shape index (κ2) is 6.90. The molecule has 19 heavy (non-hydrogen) atoms. The van der Waals surface area contributed by atoms with Gasteiger partial charge in [-0.1, -0.05) is 0 Å².